The van der Waals surface area contributed by atoms with Gasteiger partial charge < -0.3 is 15.0 Å². The van der Waals surface area contributed by atoms with E-state index < -0.39 is 0 Å². The summed E-state index contributed by atoms with van der Waals surface area (Å²) in [6, 6.07) is 15.0. The van der Waals surface area contributed by atoms with Gasteiger partial charge in [0.15, 0.2) is 0 Å². The van der Waals surface area contributed by atoms with E-state index in [0.717, 1.165) is 12.1 Å². The highest BCUT2D eigenvalue weighted by molar-refractivity contribution is 5.96. The fraction of sp³-hybridized carbons (Fsp3) is 0.440. The molecule has 1 N–H and O–H groups in total. The lowest BCUT2D eigenvalue weighted by Crippen LogP contribution is -2.54. The lowest BCUT2D eigenvalue weighted by molar-refractivity contribution is -0.121. The second-order valence-corrected chi connectivity index (χ2v) is 8.12. The summed E-state index contributed by atoms with van der Waals surface area (Å²) in [5, 5.41) is 3.12. The van der Waals surface area contributed by atoms with Crippen LogP contribution >= 0.6 is 0 Å². The molecule has 0 spiro atoms. The molecule has 1 aliphatic rings. The van der Waals surface area contributed by atoms with Crippen LogP contribution in [0.3, 0.4) is 0 Å². The van der Waals surface area contributed by atoms with Crippen molar-refractivity contribution in [2.45, 2.75) is 39.2 Å². The van der Waals surface area contributed by atoms with Crippen molar-refractivity contribution >= 4 is 17.5 Å². The third-order valence-electron chi connectivity index (χ3n) is 6.21. The van der Waals surface area contributed by atoms with Crippen molar-refractivity contribution in [3.8, 4) is 5.75 Å². The first-order valence-electron chi connectivity index (χ1n) is 11.0. The van der Waals surface area contributed by atoms with Crippen molar-refractivity contribution in [3.63, 3.8) is 0 Å². The Kier molecular flexibility index (Phi) is 7.69. The topological polar surface area (TPSA) is 61.9 Å². The Morgan fingerprint density at radius 1 is 1.03 bits per heavy atom. The number of rotatable bonds is 7. The molecule has 1 heterocycles. The summed E-state index contributed by atoms with van der Waals surface area (Å²) in [6.07, 6.45) is 1.02. The minimum absolute atomic E-state index is 0.00173. The van der Waals surface area contributed by atoms with Gasteiger partial charge in [-0.15, -0.1) is 0 Å². The lowest BCUT2D eigenvalue weighted by atomic mass is 9.97. The fourth-order valence-corrected chi connectivity index (χ4v) is 3.91. The van der Waals surface area contributed by atoms with Gasteiger partial charge in [0.2, 0.25) is 5.91 Å². The Labute approximate surface area is 185 Å². The maximum absolute atomic E-state index is 12.9. The zero-order valence-corrected chi connectivity index (χ0v) is 18.9. The number of anilines is 1. The number of para-hydroxylation sites is 1. The molecule has 1 fully saturated rings. The maximum atomic E-state index is 12.9. The number of methoxy groups -OCH3 is 1. The zero-order valence-electron chi connectivity index (χ0n) is 18.9. The molecular formula is C25H33N3O3. The van der Waals surface area contributed by atoms with E-state index in [1.165, 1.54) is 5.56 Å². The number of carbonyl (C=O) groups excluding carboxylic acids is 2. The average Bonchev–Trinajstić information content (AvgIpc) is 2.83. The largest absolute Gasteiger partial charge is 0.497 e. The molecule has 2 aromatic carbocycles. The van der Waals surface area contributed by atoms with Crippen LogP contribution in [0.15, 0.2) is 48.5 Å². The van der Waals surface area contributed by atoms with Crippen LogP contribution in [-0.4, -0.2) is 60.9 Å². The highest BCUT2D eigenvalue weighted by Crippen LogP contribution is 2.27. The van der Waals surface area contributed by atoms with Crippen LogP contribution in [0.1, 0.15) is 49.0 Å². The SMILES string of the molecule is CCC(C)c1ccccc1NC(=O)C(C)N1CCN(C(=O)c2cccc(OC)c2)CC1. The van der Waals surface area contributed by atoms with Gasteiger partial charge >= 0.3 is 0 Å². The number of piperazine rings is 1. The molecule has 0 saturated carbocycles. The van der Waals surface area contributed by atoms with E-state index in [1.54, 1.807) is 13.2 Å². The van der Waals surface area contributed by atoms with Crippen LogP contribution in [0.2, 0.25) is 0 Å². The molecule has 3 rings (SSSR count). The van der Waals surface area contributed by atoms with Crippen molar-refractivity contribution in [1.29, 1.82) is 0 Å². The molecule has 0 radical (unpaired) electrons. The molecule has 0 aromatic heterocycles. The van der Waals surface area contributed by atoms with Crippen molar-refractivity contribution in [3.05, 3.63) is 59.7 Å². The normalized spacial score (nSPS) is 16.5. The number of carbonyl (C=O) groups is 2. The standard InChI is InChI=1S/C25H33N3O3/c1-5-18(2)22-11-6-7-12-23(22)26-24(29)19(3)27-13-15-28(16-14-27)25(30)20-9-8-10-21(17-20)31-4/h6-12,17-19H,5,13-16H2,1-4H3,(H,26,29). The van der Waals surface area contributed by atoms with Crippen molar-refractivity contribution in [1.82, 2.24) is 9.80 Å². The predicted molar refractivity (Wildman–Crippen MR) is 124 cm³/mol. The lowest BCUT2D eigenvalue weighted by Gasteiger charge is -2.37. The molecule has 1 aliphatic heterocycles. The molecule has 1 saturated heterocycles. The molecule has 166 valence electrons. The predicted octanol–water partition coefficient (Wildman–Crippen LogP) is 3.99. The van der Waals surface area contributed by atoms with Gasteiger partial charge in [-0.2, -0.15) is 0 Å². The summed E-state index contributed by atoms with van der Waals surface area (Å²) in [5.74, 6) is 1.05. The second kappa shape index (κ2) is 10.4. The Balaban J connectivity index is 1.58. The first-order chi connectivity index (χ1) is 14.9. The van der Waals surface area contributed by atoms with Crippen LogP contribution in [0.4, 0.5) is 5.69 Å². The fourth-order valence-electron chi connectivity index (χ4n) is 3.91. The average molecular weight is 424 g/mol. The highest BCUT2D eigenvalue weighted by Gasteiger charge is 2.28. The van der Waals surface area contributed by atoms with E-state index >= 15 is 0 Å². The van der Waals surface area contributed by atoms with E-state index in [2.05, 4.69) is 30.1 Å². The minimum Gasteiger partial charge on any atom is -0.497 e. The second-order valence-electron chi connectivity index (χ2n) is 8.12. The van der Waals surface area contributed by atoms with E-state index in [-0.39, 0.29) is 17.9 Å². The maximum Gasteiger partial charge on any atom is 0.254 e. The smallest absolute Gasteiger partial charge is 0.254 e. The molecule has 6 heteroatoms. The van der Waals surface area contributed by atoms with Gasteiger partial charge in [-0.25, -0.2) is 0 Å². The number of benzene rings is 2. The number of amides is 2. The van der Waals surface area contributed by atoms with Crippen LogP contribution < -0.4 is 10.1 Å². The van der Waals surface area contributed by atoms with E-state index in [4.69, 9.17) is 4.74 Å². The van der Waals surface area contributed by atoms with E-state index in [1.807, 2.05) is 48.2 Å². The van der Waals surface area contributed by atoms with E-state index in [9.17, 15) is 9.59 Å². The van der Waals surface area contributed by atoms with Gasteiger partial charge in [0.1, 0.15) is 5.75 Å². The Morgan fingerprint density at radius 2 is 1.74 bits per heavy atom. The number of ether oxygens (including phenoxy) is 1. The van der Waals surface area contributed by atoms with Gasteiger partial charge in [-0.3, -0.25) is 14.5 Å². The first kappa shape index (κ1) is 22.8. The Morgan fingerprint density at radius 3 is 2.42 bits per heavy atom. The van der Waals surface area contributed by atoms with Gasteiger partial charge in [-0.1, -0.05) is 38.1 Å². The number of nitrogens with zero attached hydrogens (tertiary/aromatic N) is 2. The van der Waals surface area contributed by atoms with Gasteiger partial charge in [-0.05, 0) is 49.1 Å². The molecule has 0 bridgehead atoms. The third kappa shape index (κ3) is 5.44. The van der Waals surface area contributed by atoms with Gasteiger partial charge in [0.25, 0.3) is 5.91 Å². The van der Waals surface area contributed by atoms with Crippen LogP contribution in [-0.2, 0) is 4.79 Å². The summed E-state index contributed by atoms with van der Waals surface area (Å²) < 4.78 is 5.22. The zero-order chi connectivity index (χ0) is 22.4. The number of hydrogen-bond acceptors (Lipinski definition) is 4. The molecule has 31 heavy (non-hydrogen) atoms. The monoisotopic (exact) mass is 423 g/mol. The molecule has 2 unspecified atom stereocenters. The van der Waals surface area contributed by atoms with E-state index in [0.29, 0.717) is 43.4 Å². The summed E-state index contributed by atoms with van der Waals surface area (Å²) in [6.45, 7) is 8.77. The quantitative estimate of drug-likeness (QED) is 0.731. The molecule has 0 aliphatic carbocycles. The van der Waals surface area contributed by atoms with Crippen molar-refractivity contribution in [2.24, 2.45) is 0 Å². The molecule has 2 atom stereocenters. The van der Waals surface area contributed by atoms with Gasteiger partial charge in [0.05, 0.1) is 13.2 Å². The summed E-state index contributed by atoms with van der Waals surface area (Å²) in [7, 11) is 1.59. The molecule has 6 nitrogen and oxygen atoms in total. The summed E-state index contributed by atoms with van der Waals surface area (Å²) in [5.41, 5.74) is 2.68. The van der Waals surface area contributed by atoms with Crippen molar-refractivity contribution < 1.29 is 14.3 Å². The Bertz CT molecular complexity index is 906. The number of hydrogen-bond donors (Lipinski definition) is 1. The van der Waals surface area contributed by atoms with Gasteiger partial charge in [0, 0.05) is 37.4 Å². The summed E-state index contributed by atoms with van der Waals surface area (Å²) in [4.78, 5) is 29.7. The van der Waals surface area contributed by atoms with Crippen LogP contribution in [0, 0.1) is 0 Å². The molecular weight excluding hydrogens is 390 g/mol. The first-order valence-corrected chi connectivity index (χ1v) is 11.0. The Hall–Kier alpha value is -2.86. The molecule has 2 amide bonds. The summed E-state index contributed by atoms with van der Waals surface area (Å²) >= 11 is 0. The number of nitrogens with one attached hydrogen (secondary N) is 1. The third-order valence-corrected chi connectivity index (χ3v) is 6.21. The van der Waals surface area contributed by atoms with Crippen LogP contribution in [0.5, 0.6) is 5.75 Å². The van der Waals surface area contributed by atoms with Crippen molar-refractivity contribution in [2.75, 3.05) is 38.6 Å². The van der Waals surface area contributed by atoms with Crippen LogP contribution in [0.25, 0.3) is 0 Å². The minimum atomic E-state index is -0.265. The molecule has 2 aromatic rings. The highest BCUT2D eigenvalue weighted by atomic mass is 16.5.